The maximum atomic E-state index is 13.5. The number of rotatable bonds is 5. The van der Waals surface area contributed by atoms with Crippen LogP contribution in [0.15, 0.2) is 42.5 Å². The number of fused-ring (bicyclic) bond motifs is 1. The number of hydrogen-bond acceptors (Lipinski definition) is 3. The highest BCUT2D eigenvalue weighted by Crippen LogP contribution is 2.33. The molecule has 0 spiro atoms. The zero-order chi connectivity index (χ0) is 19.2. The van der Waals surface area contributed by atoms with Crippen LogP contribution in [0.2, 0.25) is 0 Å². The Balaban J connectivity index is 1.59. The molecule has 0 bridgehead atoms. The van der Waals surface area contributed by atoms with Gasteiger partial charge in [0.1, 0.15) is 5.82 Å². The summed E-state index contributed by atoms with van der Waals surface area (Å²) < 4.78 is 38.6. The number of halogens is 1. The molecule has 5 nitrogen and oxygen atoms in total. The zero-order valence-electron chi connectivity index (χ0n) is 15.1. The number of anilines is 1. The second-order valence-corrected chi connectivity index (χ2v) is 9.13. The van der Waals surface area contributed by atoms with Crippen LogP contribution in [0.1, 0.15) is 34.3 Å². The second-order valence-electron chi connectivity index (χ2n) is 7.22. The maximum absolute atomic E-state index is 13.5. The molecule has 1 aliphatic heterocycles. The van der Waals surface area contributed by atoms with E-state index in [9.17, 15) is 17.6 Å². The van der Waals surface area contributed by atoms with E-state index in [-0.39, 0.29) is 17.8 Å². The van der Waals surface area contributed by atoms with Gasteiger partial charge >= 0.3 is 0 Å². The summed E-state index contributed by atoms with van der Waals surface area (Å²) in [5.74, 6) is -0.406. The molecule has 0 unspecified atom stereocenters. The largest absolute Gasteiger partial charge is 0.331 e. The lowest BCUT2D eigenvalue weighted by molar-refractivity contribution is 0.0729. The second kappa shape index (κ2) is 6.64. The van der Waals surface area contributed by atoms with Crippen LogP contribution in [-0.4, -0.2) is 38.1 Å². The van der Waals surface area contributed by atoms with E-state index in [2.05, 4.69) is 0 Å². The topological polar surface area (TPSA) is 57.7 Å². The smallest absolute Gasteiger partial charge is 0.254 e. The highest BCUT2D eigenvalue weighted by atomic mass is 32.2. The van der Waals surface area contributed by atoms with Crippen molar-refractivity contribution in [2.24, 2.45) is 0 Å². The first-order valence-corrected chi connectivity index (χ1v) is 10.8. The Hall–Kier alpha value is -2.41. The molecule has 2 aromatic carbocycles. The lowest BCUT2D eigenvalue weighted by atomic mass is 10.1. The fraction of sp³-hybridized carbons (Fsp3) is 0.350. The number of amides is 1. The normalized spacial score (nSPS) is 16.3. The summed E-state index contributed by atoms with van der Waals surface area (Å²) >= 11 is 0. The van der Waals surface area contributed by atoms with E-state index in [1.165, 1.54) is 22.7 Å². The first-order chi connectivity index (χ1) is 12.8. The van der Waals surface area contributed by atoms with Crippen LogP contribution < -0.4 is 4.31 Å². The monoisotopic (exact) mass is 388 g/mol. The van der Waals surface area contributed by atoms with Crippen LogP contribution in [0.4, 0.5) is 10.1 Å². The lowest BCUT2D eigenvalue weighted by Gasteiger charge is -2.23. The predicted molar refractivity (Wildman–Crippen MR) is 102 cm³/mol. The van der Waals surface area contributed by atoms with Crippen LogP contribution in [0.5, 0.6) is 0 Å². The minimum absolute atomic E-state index is 0.0950. The summed E-state index contributed by atoms with van der Waals surface area (Å²) in [6, 6.07) is 11.7. The maximum Gasteiger partial charge on any atom is 0.254 e. The Labute approximate surface area is 158 Å². The van der Waals surface area contributed by atoms with Gasteiger partial charge in [0.05, 0.1) is 11.9 Å². The van der Waals surface area contributed by atoms with Gasteiger partial charge in [-0.25, -0.2) is 12.8 Å². The fourth-order valence-corrected chi connectivity index (χ4v) is 4.56. The minimum atomic E-state index is -3.31. The molecule has 0 aromatic heterocycles. The van der Waals surface area contributed by atoms with Gasteiger partial charge in [0.15, 0.2) is 0 Å². The molecule has 1 fully saturated rings. The van der Waals surface area contributed by atoms with Crippen molar-refractivity contribution in [1.82, 2.24) is 4.90 Å². The number of carbonyl (C=O) groups is 1. The Morgan fingerprint density at radius 1 is 1.22 bits per heavy atom. The third-order valence-electron chi connectivity index (χ3n) is 5.07. The van der Waals surface area contributed by atoms with E-state index < -0.39 is 10.0 Å². The molecule has 1 heterocycles. The molecule has 4 rings (SSSR count). The number of sulfonamides is 1. The molecule has 1 saturated carbocycles. The van der Waals surface area contributed by atoms with Gasteiger partial charge < -0.3 is 4.90 Å². The van der Waals surface area contributed by atoms with E-state index >= 15 is 0 Å². The van der Waals surface area contributed by atoms with Crippen molar-refractivity contribution in [3.8, 4) is 0 Å². The number of benzene rings is 2. The van der Waals surface area contributed by atoms with Crippen molar-refractivity contribution >= 4 is 21.6 Å². The molecule has 2 aromatic rings. The third-order valence-corrected chi connectivity index (χ3v) is 6.25. The van der Waals surface area contributed by atoms with Gasteiger partial charge in [-0.2, -0.15) is 0 Å². The van der Waals surface area contributed by atoms with Crippen LogP contribution in [-0.2, 0) is 23.0 Å². The van der Waals surface area contributed by atoms with Crippen molar-refractivity contribution in [1.29, 1.82) is 0 Å². The van der Waals surface area contributed by atoms with Gasteiger partial charge in [0.25, 0.3) is 5.91 Å². The van der Waals surface area contributed by atoms with Gasteiger partial charge in [-0.1, -0.05) is 12.1 Å². The average molecular weight is 388 g/mol. The summed E-state index contributed by atoms with van der Waals surface area (Å²) in [5.41, 5.74) is 2.83. The van der Waals surface area contributed by atoms with Crippen LogP contribution in [0, 0.1) is 5.82 Å². The quantitative estimate of drug-likeness (QED) is 0.791. The van der Waals surface area contributed by atoms with E-state index in [0.717, 1.165) is 24.0 Å². The van der Waals surface area contributed by atoms with Gasteiger partial charge in [0, 0.05) is 24.7 Å². The van der Waals surface area contributed by atoms with Gasteiger partial charge in [0.2, 0.25) is 10.0 Å². The molecule has 27 heavy (non-hydrogen) atoms. The van der Waals surface area contributed by atoms with Crippen LogP contribution >= 0.6 is 0 Å². The number of nitrogens with zero attached hydrogens (tertiary/aromatic N) is 2. The lowest BCUT2D eigenvalue weighted by Crippen LogP contribution is -2.32. The van der Waals surface area contributed by atoms with Crippen molar-refractivity contribution < 1.29 is 17.6 Å². The molecule has 142 valence electrons. The minimum Gasteiger partial charge on any atom is -0.331 e. The van der Waals surface area contributed by atoms with E-state index in [1.54, 1.807) is 29.2 Å². The van der Waals surface area contributed by atoms with Crippen molar-refractivity contribution in [2.45, 2.75) is 31.8 Å². The SMILES string of the molecule is CS(=O)(=O)N1CCc2cc(C(=O)N(Cc3cccc(F)c3)C3CC3)ccc21. The molecule has 1 aliphatic carbocycles. The number of hydrogen-bond donors (Lipinski definition) is 0. The predicted octanol–water partition coefficient (Wildman–Crippen LogP) is 2.95. The van der Waals surface area contributed by atoms with Crippen LogP contribution in [0.25, 0.3) is 0 Å². The van der Waals surface area contributed by atoms with Gasteiger partial charge in [-0.05, 0) is 60.7 Å². The Kier molecular flexibility index (Phi) is 4.42. The summed E-state index contributed by atoms with van der Waals surface area (Å²) in [6.07, 6.45) is 3.69. The van der Waals surface area contributed by atoms with Crippen LogP contribution in [0.3, 0.4) is 0 Å². The number of carbonyl (C=O) groups excluding carboxylic acids is 1. The molecular formula is C20H21FN2O3S. The third kappa shape index (κ3) is 3.69. The highest BCUT2D eigenvalue weighted by molar-refractivity contribution is 7.92. The van der Waals surface area contributed by atoms with E-state index in [1.807, 2.05) is 6.07 Å². The molecule has 0 radical (unpaired) electrons. The Morgan fingerprint density at radius 3 is 2.67 bits per heavy atom. The molecule has 7 heteroatoms. The van der Waals surface area contributed by atoms with Crippen molar-refractivity contribution in [3.05, 3.63) is 65.0 Å². The highest BCUT2D eigenvalue weighted by Gasteiger charge is 2.34. The van der Waals surface area contributed by atoms with Gasteiger partial charge in [-0.3, -0.25) is 9.10 Å². The molecule has 0 N–H and O–H groups in total. The standard InChI is InChI=1S/C20H21FN2O3S/c1-27(25,26)23-10-9-15-12-16(5-8-19(15)23)20(24)22(18-6-7-18)13-14-3-2-4-17(21)11-14/h2-5,8,11-12,18H,6-7,9-10,13H2,1H3. The summed E-state index contributed by atoms with van der Waals surface area (Å²) in [5, 5.41) is 0. The molecular weight excluding hydrogens is 367 g/mol. The Bertz CT molecular complexity index is 1000. The summed E-state index contributed by atoms with van der Waals surface area (Å²) in [4.78, 5) is 14.9. The Morgan fingerprint density at radius 2 is 2.00 bits per heavy atom. The molecule has 0 atom stereocenters. The summed E-state index contributed by atoms with van der Waals surface area (Å²) in [6.45, 7) is 0.773. The first kappa shape index (κ1) is 18.0. The van der Waals surface area contributed by atoms with E-state index in [0.29, 0.717) is 30.8 Å². The zero-order valence-corrected chi connectivity index (χ0v) is 15.9. The first-order valence-electron chi connectivity index (χ1n) is 8.99. The fourth-order valence-electron chi connectivity index (χ4n) is 3.60. The van der Waals surface area contributed by atoms with Crippen molar-refractivity contribution in [2.75, 3.05) is 17.1 Å². The molecule has 1 amide bonds. The summed E-state index contributed by atoms with van der Waals surface area (Å²) in [7, 11) is -3.31. The van der Waals surface area contributed by atoms with Crippen molar-refractivity contribution in [3.63, 3.8) is 0 Å². The average Bonchev–Trinajstić information content (AvgIpc) is 3.35. The molecule has 0 saturated heterocycles. The van der Waals surface area contributed by atoms with E-state index in [4.69, 9.17) is 0 Å². The van der Waals surface area contributed by atoms with Gasteiger partial charge in [-0.15, -0.1) is 0 Å². The molecule has 2 aliphatic rings.